The fourth-order valence-corrected chi connectivity index (χ4v) is 1.22. The van der Waals surface area contributed by atoms with Gasteiger partial charge in [-0.1, -0.05) is 0 Å². The average molecular weight is 255 g/mol. The van der Waals surface area contributed by atoms with Crippen LogP contribution in [0.2, 0.25) is 0 Å². The highest BCUT2D eigenvalue weighted by Gasteiger charge is 2.16. The van der Waals surface area contributed by atoms with Crippen molar-refractivity contribution in [3.05, 3.63) is 28.4 Å². The highest BCUT2D eigenvalue weighted by Crippen LogP contribution is 2.15. The topological polar surface area (TPSA) is 134 Å². The second-order valence-corrected chi connectivity index (χ2v) is 3.28. The Labute approximate surface area is 100 Å². The van der Waals surface area contributed by atoms with Gasteiger partial charge in [-0.2, -0.15) is 0 Å². The van der Waals surface area contributed by atoms with Gasteiger partial charge in [0.1, 0.15) is 25.1 Å². The van der Waals surface area contributed by atoms with Crippen molar-refractivity contribution in [1.82, 2.24) is 4.98 Å². The summed E-state index contributed by atoms with van der Waals surface area (Å²) in [5.74, 6) is -2.40. The predicted molar refractivity (Wildman–Crippen MR) is 58.4 cm³/mol. The first kappa shape index (κ1) is 13.4. The summed E-state index contributed by atoms with van der Waals surface area (Å²) in [5.41, 5.74) is -0.260. The molecule has 18 heavy (non-hydrogen) atoms. The number of nitro groups is 1. The van der Waals surface area contributed by atoms with Crippen molar-refractivity contribution in [3.63, 3.8) is 0 Å². The van der Waals surface area contributed by atoms with E-state index in [1.165, 1.54) is 6.07 Å². The molecule has 9 heteroatoms. The molecule has 0 amide bonds. The standard InChI is InChI=1S/C9H9N3O6/c13-8(14)4-11(5-9(15)16)7-2-1-6(3-10-7)12(17)18/h1-3H,4-5H2,(H,13,14)(H,15,16). The van der Waals surface area contributed by atoms with Crippen molar-refractivity contribution in [2.24, 2.45) is 0 Å². The summed E-state index contributed by atoms with van der Waals surface area (Å²) in [6.07, 6.45) is 0.937. The van der Waals surface area contributed by atoms with Crippen molar-refractivity contribution >= 4 is 23.4 Å². The average Bonchev–Trinajstić information content (AvgIpc) is 2.27. The molecular formula is C9H9N3O6. The molecule has 96 valence electrons. The lowest BCUT2D eigenvalue weighted by Crippen LogP contribution is -2.35. The first-order valence-electron chi connectivity index (χ1n) is 4.69. The van der Waals surface area contributed by atoms with Crippen molar-refractivity contribution in [1.29, 1.82) is 0 Å². The molecule has 0 spiro atoms. The Bertz CT molecular complexity index is 456. The molecule has 0 aliphatic carbocycles. The number of rotatable bonds is 6. The number of carbonyl (C=O) groups is 2. The molecule has 0 saturated carbocycles. The minimum atomic E-state index is -1.23. The number of hydrogen-bond donors (Lipinski definition) is 2. The van der Waals surface area contributed by atoms with Gasteiger partial charge in [0.05, 0.1) is 4.92 Å². The van der Waals surface area contributed by atoms with Crippen LogP contribution in [0.15, 0.2) is 18.3 Å². The molecule has 0 radical (unpaired) electrons. The van der Waals surface area contributed by atoms with Gasteiger partial charge in [-0.3, -0.25) is 19.7 Å². The smallest absolute Gasteiger partial charge is 0.323 e. The lowest BCUT2D eigenvalue weighted by atomic mass is 10.3. The van der Waals surface area contributed by atoms with E-state index >= 15 is 0 Å². The van der Waals surface area contributed by atoms with Crippen LogP contribution in [-0.2, 0) is 9.59 Å². The molecule has 0 unspecified atom stereocenters. The maximum atomic E-state index is 10.6. The van der Waals surface area contributed by atoms with E-state index in [1.807, 2.05) is 0 Å². The Morgan fingerprint density at radius 3 is 2.17 bits per heavy atom. The Hall–Kier alpha value is -2.71. The number of carboxylic acid groups (broad SMARTS) is 2. The lowest BCUT2D eigenvalue weighted by molar-refractivity contribution is -0.385. The van der Waals surface area contributed by atoms with Gasteiger partial charge >= 0.3 is 11.9 Å². The third-order valence-corrected chi connectivity index (χ3v) is 1.92. The normalized spacial score (nSPS) is 9.78. The van der Waals surface area contributed by atoms with E-state index in [0.29, 0.717) is 0 Å². The van der Waals surface area contributed by atoms with Gasteiger partial charge in [0.2, 0.25) is 0 Å². The Morgan fingerprint density at radius 1 is 1.28 bits per heavy atom. The third kappa shape index (κ3) is 3.70. The molecule has 0 fully saturated rings. The van der Waals surface area contributed by atoms with E-state index in [2.05, 4.69) is 4.98 Å². The van der Waals surface area contributed by atoms with Gasteiger partial charge in [0.25, 0.3) is 5.69 Å². The monoisotopic (exact) mass is 255 g/mol. The fourth-order valence-electron chi connectivity index (χ4n) is 1.22. The van der Waals surface area contributed by atoms with Crippen molar-refractivity contribution in [2.75, 3.05) is 18.0 Å². The lowest BCUT2D eigenvalue weighted by Gasteiger charge is -2.18. The highest BCUT2D eigenvalue weighted by atomic mass is 16.6. The maximum Gasteiger partial charge on any atom is 0.323 e. The van der Waals surface area contributed by atoms with E-state index < -0.39 is 30.0 Å². The molecule has 0 aliphatic heterocycles. The molecule has 0 atom stereocenters. The zero-order chi connectivity index (χ0) is 13.7. The van der Waals surface area contributed by atoms with Crippen molar-refractivity contribution < 1.29 is 24.7 Å². The molecule has 9 nitrogen and oxygen atoms in total. The summed E-state index contributed by atoms with van der Waals surface area (Å²) in [7, 11) is 0. The summed E-state index contributed by atoms with van der Waals surface area (Å²) in [6.45, 7) is -1.12. The van der Waals surface area contributed by atoms with Crippen LogP contribution in [0.1, 0.15) is 0 Å². The second-order valence-electron chi connectivity index (χ2n) is 3.28. The molecule has 1 rings (SSSR count). The maximum absolute atomic E-state index is 10.6. The molecule has 2 N–H and O–H groups in total. The summed E-state index contributed by atoms with van der Waals surface area (Å²) >= 11 is 0. The zero-order valence-corrected chi connectivity index (χ0v) is 9.02. The molecule has 1 aromatic rings. The van der Waals surface area contributed by atoms with Gasteiger partial charge in [0, 0.05) is 6.07 Å². The third-order valence-electron chi connectivity index (χ3n) is 1.92. The first-order chi connectivity index (χ1) is 8.40. The molecule has 0 aliphatic rings. The molecule has 0 saturated heterocycles. The molecule has 0 bridgehead atoms. The number of aliphatic carboxylic acids is 2. The van der Waals surface area contributed by atoms with Crippen LogP contribution >= 0.6 is 0 Å². The molecular weight excluding hydrogens is 246 g/mol. The molecule has 1 heterocycles. The summed E-state index contributed by atoms with van der Waals surface area (Å²) < 4.78 is 0. The van der Waals surface area contributed by atoms with Gasteiger partial charge in [-0.15, -0.1) is 0 Å². The van der Waals surface area contributed by atoms with Gasteiger partial charge in [-0.05, 0) is 6.07 Å². The minimum absolute atomic E-state index is 0.0467. The van der Waals surface area contributed by atoms with Crippen LogP contribution in [0.5, 0.6) is 0 Å². The van der Waals surface area contributed by atoms with Gasteiger partial charge in [0.15, 0.2) is 0 Å². The van der Waals surface area contributed by atoms with Crippen LogP contribution < -0.4 is 4.90 Å². The van der Waals surface area contributed by atoms with Crippen LogP contribution in [0.3, 0.4) is 0 Å². The van der Waals surface area contributed by atoms with E-state index in [1.54, 1.807) is 0 Å². The number of hydrogen-bond acceptors (Lipinski definition) is 6. The van der Waals surface area contributed by atoms with E-state index in [9.17, 15) is 19.7 Å². The van der Waals surface area contributed by atoms with Gasteiger partial charge < -0.3 is 15.1 Å². The number of nitrogens with zero attached hydrogens (tertiary/aromatic N) is 3. The van der Waals surface area contributed by atoms with E-state index in [-0.39, 0.29) is 11.5 Å². The summed E-state index contributed by atoms with van der Waals surface area (Å²) in [4.78, 5) is 35.5. The predicted octanol–water partition coefficient (Wildman–Crippen LogP) is -0.0346. The van der Waals surface area contributed by atoms with Crippen molar-refractivity contribution in [2.45, 2.75) is 0 Å². The number of carboxylic acids is 2. The fraction of sp³-hybridized carbons (Fsp3) is 0.222. The summed E-state index contributed by atoms with van der Waals surface area (Å²) in [5, 5.41) is 27.7. The van der Waals surface area contributed by atoms with Gasteiger partial charge in [-0.25, -0.2) is 4.98 Å². The first-order valence-corrected chi connectivity index (χ1v) is 4.69. The highest BCUT2D eigenvalue weighted by molar-refractivity contribution is 5.78. The van der Waals surface area contributed by atoms with Crippen LogP contribution in [-0.4, -0.2) is 45.1 Å². The minimum Gasteiger partial charge on any atom is -0.480 e. The quantitative estimate of drug-likeness (QED) is 0.534. The number of anilines is 1. The van der Waals surface area contributed by atoms with Crippen LogP contribution in [0, 0.1) is 10.1 Å². The van der Waals surface area contributed by atoms with E-state index in [4.69, 9.17) is 10.2 Å². The van der Waals surface area contributed by atoms with Crippen molar-refractivity contribution in [3.8, 4) is 0 Å². The second kappa shape index (κ2) is 5.57. The van der Waals surface area contributed by atoms with E-state index in [0.717, 1.165) is 17.2 Å². The zero-order valence-electron chi connectivity index (χ0n) is 9.02. The number of pyridine rings is 1. The van der Waals surface area contributed by atoms with Crippen LogP contribution in [0.4, 0.5) is 11.5 Å². The summed E-state index contributed by atoms with van der Waals surface area (Å²) in [6, 6.07) is 2.32. The number of aromatic nitrogens is 1. The van der Waals surface area contributed by atoms with Crippen LogP contribution in [0.25, 0.3) is 0 Å². The SMILES string of the molecule is O=C(O)CN(CC(=O)O)c1ccc([N+](=O)[O-])cn1. The Kier molecular flexibility index (Phi) is 4.13. The largest absolute Gasteiger partial charge is 0.480 e. The Morgan fingerprint density at radius 2 is 1.83 bits per heavy atom. The molecule has 0 aromatic carbocycles. The molecule has 1 aromatic heterocycles. The Balaban J connectivity index is 2.93.